The molecule has 0 aliphatic carbocycles. The average Bonchev–Trinajstić information content (AvgIpc) is 2.74. The third kappa shape index (κ3) is 2.17. The molecule has 1 atom stereocenters. The van der Waals surface area contributed by atoms with Crippen LogP contribution in [0.2, 0.25) is 0 Å². The second-order valence-corrected chi connectivity index (χ2v) is 3.67. The van der Waals surface area contributed by atoms with Gasteiger partial charge in [0.05, 0.1) is 0 Å². The number of benzene rings is 1. The summed E-state index contributed by atoms with van der Waals surface area (Å²) in [5.74, 6) is 0.938. The zero-order valence-electron chi connectivity index (χ0n) is 9.77. The molecule has 0 saturated heterocycles. The van der Waals surface area contributed by atoms with Gasteiger partial charge in [-0.25, -0.2) is 0 Å². The Labute approximate surface area is 96.3 Å². The number of hydrazone groups is 1. The monoisotopic (exact) mass is 218 g/mol. The highest BCUT2D eigenvalue weighted by molar-refractivity contribution is 5.99. The molecule has 1 aliphatic rings. The van der Waals surface area contributed by atoms with Gasteiger partial charge in [-0.2, -0.15) is 5.10 Å². The van der Waals surface area contributed by atoms with Crippen molar-refractivity contribution in [2.24, 2.45) is 5.10 Å². The molecule has 0 fully saturated rings. The van der Waals surface area contributed by atoms with Crippen molar-refractivity contribution < 1.29 is 0 Å². The minimum atomic E-state index is 0.116. The Kier molecular flexibility index (Phi) is 3.41. The molecule has 1 aromatic carbocycles. The van der Waals surface area contributed by atoms with Crippen molar-refractivity contribution in [3.63, 3.8) is 0 Å². The van der Waals surface area contributed by atoms with E-state index < -0.39 is 0 Å². The van der Waals surface area contributed by atoms with E-state index in [1.807, 2.05) is 23.2 Å². The smallest absolute Gasteiger partial charge is 0.172 e. The van der Waals surface area contributed by atoms with Crippen LogP contribution < -0.4 is 10.6 Å². The van der Waals surface area contributed by atoms with Crippen LogP contribution in [-0.2, 0) is 0 Å². The summed E-state index contributed by atoms with van der Waals surface area (Å²) in [6.45, 7) is 6.01. The standard InChI is InChI=1S/C12H18N4/c1-3-13-12-14-11(15-16(12)4-2)10-8-6-5-7-9-10/h5-9,12-13H,3-4H2,1-2H3,(H,14,15). The Morgan fingerprint density at radius 2 is 2.06 bits per heavy atom. The largest absolute Gasteiger partial charge is 0.335 e. The van der Waals surface area contributed by atoms with E-state index in [0.29, 0.717) is 0 Å². The van der Waals surface area contributed by atoms with E-state index in [2.05, 4.69) is 41.7 Å². The molecule has 16 heavy (non-hydrogen) atoms. The molecule has 2 rings (SSSR count). The Hall–Kier alpha value is -1.55. The van der Waals surface area contributed by atoms with E-state index in [-0.39, 0.29) is 6.29 Å². The quantitative estimate of drug-likeness (QED) is 0.797. The number of hydrogen-bond donors (Lipinski definition) is 2. The van der Waals surface area contributed by atoms with Crippen molar-refractivity contribution in [2.45, 2.75) is 20.1 Å². The highest BCUT2D eigenvalue weighted by Crippen LogP contribution is 2.09. The normalized spacial score (nSPS) is 19.5. The van der Waals surface area contributed by atoms with Gasteiger partial charge in [0.2, 0.25) is 0 Å². The molecule has 1 aliphatic heterocycles. The van der Waals surface area contributed by atoms with Crippen molar-refractivity contribution in [1.29, 1.82) is 0 Å². The van der Waals surface area contributed by atoms with Crippen LogP contribution in [0.15, 0.2) is 35.4 Å². The van der Waals surface area contributed by atoms with Gasteiger partial charge in [0.1, 0.15) is 0 Å². The fourth-order valence-electron chi connectivity index (χ4n) is 1.76. The molecule has 0 saturated carbocycles. The molecule has 1 aromatic rings. The van der Waals surface area contributed by atoms with Gasteiger partial charge in [0.25, 0.3) is 0 Å². The zero-order chi connectivity index (χ0) is 11.4. The van der Waals surface area contributed by atoms with Crippen molar-refractivity contribution in [3.05, 3.63) is 35.9 Å². The van der Waals surface area contributed by atoms with Crippen molar-refractivity contribution in [3.8, 4) is 0 Å². The molecule has 86 valence electrons. The fourth-order valence-corrected chi connectivity index (χ4v) is 1.76. The predicted molar refractivity (Wildman–Crippen MR) is 66.0 cm³/mol. The lowest BCUT2D eigenvalue weighted by molar-refractivity contribution is 0.193. The SMILES string of the molecule is CCNC1NC(c2ccccc2)=NN1CC. The molecule has 4 heteroatoms. The number of nitrogens with zero attached hydrogens (tertiary/aromatic N) is 2. The summed E-state index contributed by atoms with van der Waals surface area (Å²) in [6.07, 6.45) is 0.116. The van der Waals surface area contributed by atoms with E-state index >= 15 is 0 Å². The second-order valence-electron chi connectivity index (χ2n) is 3.67. The predicted octanol–water partition coefficient (Wildman–Crippen LogP) is 1.17. The summed E-state index contributed by atoms with van der Waals surface area (Å²) in [4.78, 5) is 0. The number of rotatable bonds is 4. The highest BCUT2D eigenvalue weighted by atomic mass is 15.6. The maximum absolute atomic E-state index is 4.55. The van der Waals surface area contributed by atoms with E-state index in [0.717, 1.165) is 24.5 Å². The van der Waals surface area contributed by atoms with Gasteiger partial charge in [-0.15, -0.1) is 0 Å². The average molecular weight is 218 g/mol. The lowest BCUT2D eigenvalue weighted by Gasteiger charge is -2.22. The van der Waals surface area contributed by atoms with Crippen LogP contribution in [0.1, 0.15) is 19.4 Å². The van der Waals surface area contributed by atoms with Crippen LogP contribution in [0.3, 0.4) is 0 Å². The van der Waals surface area contributed by atoms with Gasteiger partial charge in [-0.1, -0.05) is 37.3 Å². The van der Waals surface area contributed by atoms with E-state index in [1.165, 1.54) is 0 Å². The Bertz CT molecular complexity index is 361. The van der Waals surface area contributed by atoms with Crippen molar-refractivity contribution in [2.75, 3.05) is 13.1 Å². The molecule has 0 amide bonds. The summed E-state index contributed by atoms with van der Waals surface area (Å²) in [5, 5.41) is 13.3. The van der Waals surface area contributed by atoms with Crippen molar-refractivity contribution in [1.82, 2.24) is 15.6 Å². The Morgan fingerprint density at radius 1 is 1.31 bits per heavy atom. The van der Waals surface area contributed by atoms with Gasteiger partial charge >= 0.3 is 0 Å². The first-order chi connectivity index (χ1) is 7.85. The second kappa shape index (κ2) is 4.99. The lowest BCUT2D eigenvalue weighted by atomic mass is 10.2. The van der Waals surface area contributed by atoms with Crippen LogP contribution in [0.5, 0.6) is 0 Å². The highest BCUT2D eigenvalue weighted by Gasteiger charge is 2.23. The topological polar surface area (TPSA) is 39.7 Å². The summed E-state index contributed by atoms with van der Waals surface area (Å²) >= 11 is 0. The first kappa shape index (κ1) is 11.0. The Balaban J connectivity index is 2.13. The first-order valence-electron chi connectivity index (χ1n) is 5.75. The number of amidine groups is 1. The summed E-state index contributed by atoms with van der Waals surface area (Å²) in [6, 6.07) is 10.2. The molecular weight excluding hydrogens is 200 g/mol. The summed E-state index contributed by atoms with van der Waals surface area (Å²) in [7, 11) is 0. The molecule has 0 radical (unpaired) electrons. The number of nitrogens with one attached hydrogen (secondary N) is 2. The Morgan fingerprint density at radius 3 is 2.69 bits per heavy atom. The van der Waals surface area contributed by atoms with Crippen molar-refractivity contribution >= 4 is 5.84 Å². The molecule has 1 unspecified atom stereocenters. The van der Waals surface area contributed by atoms with E-state index in [1.54, 1.807) is 0 Å². The minimum Gasteiger partial charge on any atom is -0.335 e. The molecule has 4 nitrogen and oxygen atoms in total. The van der Waals surface area contributed by atoms with E-state index in [4.69, 9.17) is 0 Å². The van der Waals surface area contributed by atoms with Crippen LogP contribution >= 0.6 is 0 Å². The van der Waals surface area contributed by atoms with Crippen LogP contribution in [0.4, 0.5) is 0 Å². The molecule has 0 bridgehead atoms. The van der Waals surface area contributed by atoms with Crippen LogP contribution in [-0.4, -0.2) is 30.2 Å². The van der Waals surface area contributed by atoms with Crippen LogP contribution in [0, 0.1) is 0 Å². The number of hydrogen-bond acceptors (Lipinski definition) is 4. The van der Waals surface area contributed by atoms with Gasteiger partial charge in [0.15, 0.2) is 12.1 Å². The third-order valence-electron chi connectivity index (χ3n) is 2.57. The van der Waals surface area contributed by atoms with Gasteiger partial charge < -0.3 is 5.32 Å². The summed E-state index contributed by atoms with van der Waals surface area (Å²) < 4.78 is 0. The van der Waals surface area contributed by atoms with Gasteiger partial charge in [-0.05, 0) is 13.5 Å². The van der Waals surface area contributed by atoms with Gasteiger partial charge in [-0.3, -0.25) is 10.3 Å². The van der Waals surface area contributed by atoms with Gasteiger partial charge in [0, 0.05) is 12.1 Å². The molecule has 2 N–H and O–H groups in total. The summed E-state index contributed by atoms with van der Waals surface area (Å²) in [5.41, 5.74) is 1.13. The van der Waals surface area contributed by atoms with Crippen LogP contribution in [0.25, 0.3) is 0 Å². The first-order valence-corrected chi connectivity index (χ1v) is 5.75. The molecule has 0 spiro atoms. The van der Waals surface area contributed by atoms with E-state index in [9.17, 15) is 0 Å². The lowest BCUT2D eigenvalue weighted by Crippen LogP contribution is -2.49. The molecular formula is C12H18N4. The third-order valence-corrected chi connectivity index (χ3v) is 2.57. The zero-order valence-corrected chi connectivity index (χ0v) is 9.77. The molecule has 1 heterocycles. The maximum atomic E-state index is 4.55. The maximum Gasteiger partial charge on any atom is 0.172 e. The fraction of sp³-hybridized carbons (Fsp3) is 0.417. The minimum absolute atomic E-state index is 0.116. The molecule has 0 aromatic heterocycles.